The minimum atomic E-state index is -1.17. The summed E-state index contributed by atoms with van der Waals surface area (Å²) in [4.78, 5) is 34.3. The summed E-state index contributed by atoms with van der Waals surface area (Å²) < 4.78 is 1.36. The van der Waals surface area contributed by atoms with Gasteiger partial charge in [0.25, 0.3) is 0 Å². The van der Waals surface area contributed by atoms with E-state index < -0.39 is 17.4 Å². The Kier molecular flexibility index (Phi) is 6.83. The van der Waals surface area contributed by atoms with Gasteiger partial charge in [-0.15, -0.1) is 0 Å². The molecule has 0 aliphatic carbocycles. The molecule has 2 aromatic carbocycles. The Morgan fingerprint density at radius 1 is 1.03 bits per heavy atom. The minimum Gasteiger partial charge on any atom is -0.329 e. The molecule has 4 aromatic rings. The van der Waals surface area contributed by atoms with Crippen molar-refractivity contribution in [2.45, 2.75) is 17.9 Å². The van der Waals surface area contributed by atoms with E-state index in [2.05, 4.69) is 0 Å². The molecule has 0 radical (unpaired) electrons. The van der Waals surface area contributed by atoms with E-state index in [4.69, 9.17) is 41.0 Å². The van der Waals surface area contributed by atoms with Crippen LogP contribution in [0, 0.1) is 0 Å². The van der Waals surface area contributed by atoms with E-state index in [1.54, 1.807) is 24.3 Å². The van der Waals surface area contributed by atoms with Gasteiger partial charge in [0.05, 0.1) is 5.69 Å². The third kappa shape index (κ3) is 4.20. The Bertz CT molecular complexity index is 1430. The first-order valence-corrected chi connectivity index (χ1v) is 13.2. The van der Waals surface area contributed by atoms with Crippen LogP contribution in [-0.4, -0.2) is 28.0 Å². The predicted molar refractivity (Wildman–Crippen MR) is 148 cm³/mol. The van der Waals surface area contributed by atoms with Crippen LogP contribution in [0.3, 0.4) is 0 Å². The zero-order valence-electron chi connectivity index (χ0n) is 19.1. The summed E-state index contributed by atoms with van der Waals surface area (Å²) in [7, 11) is 1.90. The normalized spacial score (nSPS) is 20.0. The number of benzene rings is 2. The monoisotopic (exact) mass is 553 g/mol. The summed E-state index contributed by atoms with van der Waals surface area (Å²) in [6.45, 7) is 0. The number of rotatable bonds is 5. The fourth-order valence-electron chi connectivity index (χ4n) is 4.60. The van der Waals surface area contributed by atoms with Crippen molar-refractivity contribution < 1.29 is 9.59 Å². The predicted octanol–water partition coefficient (Wildman–Crippen LogP) is 6.89. The molecule has 0 saturated carbocycles. The van der Waals surface area contributed by atoms with Crippen molar-refractivity contribution in [1.29, 1.82) is 0 Å². The maximum Gasteiger partial charge on any atom is 0.248 e. The first-order chi connectivity index (χ1) is 17.3. The van der Waals surface area contributed by atoms with Crippen LogP contribution >= 0.6 is 47.4 Å². The highest BCUT2D eigenvalue weighted by Crippen LogP contribution is 2.48. The van der Waals surface area contributed by atoms with E-state index in [9.17, 15) is 9.59 Å². The summed E-state index contributed by atoms with van der Waals surface area (Å²) in [6, 6.07) is 21.8. The van der Waals surface area contributed by atoms with Gasteiger partial charge in [0.1, 0.15) is 17.3 Å². The maximum atomic E-state index is 13.8. The average molecular weight is 555 g/mol. The number of hydrogen-bond donors (Lipinski definition) is 1. The zero-order chi connectivity index (χ0) is 25.4. The number of pyridine rings is 1. The summed E-state index contributed by atoms with van der Waals surface area (Å²) >= 11 is 18.6. The summed E-state index contributed by atoms with van der Waals surface area (Å²) in [5.41, 5.74) is 1.53. The van der Waals surface area contributed by atoms with E-state index >= 15 is 0 Å². The number of Topliss-reactive ketones (excluding diaryl/α,β-unsaturated/α-hetero) is 1. The van der Waals surface area contributed by atoms with Crippen molar-refractivity contribution in [2.24, 2.45) is 0 Å². The molecule has 5 rings (SSSR count). The summed E-state index contributed by atoms with van der Waals surface area (Å²) in [5, 5.41) is 4.86. The lowest BCUT2D eigenvalue weighted by Crippen LogP contribution is -2.54. The molecule has 0 bridgehead atoms. The number of halogens is 2. The first kappa shape index (κ1) is 24.8. The van der Waals surface area contributed by atoms with Crippen LogP contribution in [0.15, 0.2) is 83.6 Å². The fraction of sp³-hybridized carbons (Fsp3) is 0.148. The molecule has 0 spiro atoms. The standard InChI is InChI=1S/C27H21Cl2N3O2S2/c1-31(19-11-9-18(28)10-12-19)24-8-4-7-23(30-24)27(17-13-14-36-16-17)15-22(33)25(26(34)32(27)35)20-5-2-3-6-21(20)29/h2-14,16,25,35H,15H2,1H3. The molecule has 0 N–H and O–H groups in total. The molecule has 1 saturated heterocycles. The van der Waals surface area contributed by atoms with Crippen LogP contribution < -0.4 is 4.90 Å². The molecule has 1 fully saturated rings. The van der Waals surface area contributed by atoms with E-state index in [1.807, 2.05) is 71.2 Å². The maximum absolute atomic E-state index is 13.8. The molecule has 3 heterocycles. The lowest BCUT2D eigenvalue weighted by atomic mass is 9.75. The highest BCUT2D eigenvalue weighted by Gasteiger charge is 2.53. The van der Waals surface area contributed by atoms with Gasteiger partial charge in [-0.3, -0.25) is 13.9 Å². The second kappa shape index (κ2) is 9.90. The van der Waals surface area contributed by atoms with Crippen LogP contribution in [-0.2, 0) is 15.1 Å². The highest BCUT2D eigenvalue weighted by atomic mass is 35.5. The molecular formula is C27H21Cl2N3O2S2. The van der Waals surface area contributed by atoms with Crippen LogP contribution in [0.5, 0.6) is 0 Å². The molecule has 182 valence electrons. The van der Waals surface area contributed by atoms with Gasteiger partial charge in [0.2, 0.25) is 5.91 Å². The van der Waals surface area contributed by atoms with Gasteiger partial charge in [-0.2, -0.15) is 11.3 Å². The fourth-order valence-corrected chi connectivity index (χ4v) is 6.10. The smallest absolute Gasteiger partial charge is 0.248 e. The Labute approximate surface area is 228 Å². The number of carbonyl (C=O) groups excluding carboxylic acids is 2. The van der Waals surface area contributed by atoms with Gasteiger partial charge in [0, 0.05) is 29.2 Å². The molecule has 36 heavy (non-hydrogen) atoms. The van der Waals surface area contributed by atoms with Gasteiger partial charge in [-0.25, -0.2) is 4.98 Å². The lowest BCUT2D eigenvalue weighted by molar-refractivity contribution is -0.142. The number of ketones is 1. The van der Waals surface area contributed by atoms with Crippen molar-refractivity contribution >= 4 is 70.5 Å². The van der Waals surface area contributed by atoms with Crippen molar-refractivity contribution in [3.63, 3.8) is 0 Å². The molecule has 1 amide bonds. The molecule has 9 heteroatoms. The Hall–Kier alpha value is -2.84. The SMILES string of the molecule is CN(c1ccc(Cl)cc1)c1cccc(C2(c3ccsc3)CC(=O)C(c3ccccc3Cl)C(=O)N2S)n1. The molecular weight excluding hydrogens is 533 g/mol. The third-order valence-electron chi connectivity index (χ3n) is 6.50. The van der Waals surface area contributed by atoms with Crippen LogP contribution in [0.4, 0.5) is 11.5 Å². The number of hydrogen-bond acceptors (Lipinski definition) is 6. The third-order valence-corrected chi connectivity index (χ3v) is 8.32. The van der Waals surface area contributed by atoms with Crippen LogP contribution in [0.2, 0.25) is 10.0 Å². The second-order valence-electron chi connectivity index (χ2n) is 8.54. The van der Waals surface area contributed by atoms with Crippen LogP contribution in [0.1, 0.15) is 29.2 Å². The van der Waals surface area contributed by atoms with Gasteiger partial charge < -0.3 is 4.90 Å². The second-order valence-corrected chi connectivity index (χ2v) is 10.6. The number of nitrogens with zero attached hydrogens (tertiary/aromatic N) is 3. The Morgan fingerprint density at radius 2 is 1.78 bits per heavy atom. The Morgan fingerprint density at radius 3 is 2.47 bits per heavy atom. The summed E-state index contributed by atoms with van der Waals surface area (Å²) in [5.74, 6) is -1.04. The molecule has 2 unspecified atom stereocenters. The first-order valence-electron chi connectivity index (χ1n) is 11.1. The number of piperidine rings is 1. The average Bonchev–Trinajstić information content (AvgIpc) is 3.43. The highest BCUT2D eigenvalue weighted by molar-refractivity contribution is 7.78. The van der Waals surface area contributed by atoms with Crippen molar-refractivity contribution in [3.05, 3.63) is 110 Å². The number of anilines is 2. The van der Waals surface area contributed by atoms with E-state index in [1.165, 1.54) is 15.6 Å². The van der Waals surface area contributed by atoms with Gasteiger partial charge in [0.15, 0.2) is 5.78 Å². The molecule has 2 aromatic heterocycles. The van der Waals surface area contributed by atoms with Crippen molar-refractivity contribution in [3.8, 4) is 0 Å². The van der Waals surface area contributed by atoms with Crippen molar-refractivity contribution in [2.75, 3.05) is 11.9 Å². The van der Waals surface area contributed by atoms with Gasteiger partial charge >= 0.3 is 0 Å². The van der Waals surface area contributed by atoms with E-state index in [0.29, 0.717) is 27.1 Å². The minimum absolute atomic E-state index is 0.00990. The quantitative estimate of drug-likeness (QED) is 0.216. The van der Waals surface area contributed by atoms with Crippen LogP contribution in [0.25, 0.3) is 0 Å². The molecule has 1 aliphatic heterocycles. The Balaban J connectivity index is 1.61. The zero-order valence-corrected chi connectivity index (χ0v) is 22.4. The van der Waals surface area contributed by atoms with Crippen molar-refractivity contribution in [1.82, 2.24) is 9.29 Å². The summed E-state index contributed by atoms with van der Waals surface area (Å²) in [6.07, 6.45) is 0.00990. The largest absolute Gasteiger partial charge is 0.329 e. The number of carbonyl (C=O) groups is 2. The number of amides is 1. The molecule has 1 aliphatic rings. The van der Waals surface area contributed by atoms with E-state index in [0.717, 1.165) is 11.3 Å². The van der Waals surface area contributed by atoms with E-state index in [-0.39, 0.29) is 12.2 Å². The molecule has 5 nitrogen and oxygen atoms in total. The molecule has 2 atom stereocenters. The van der Waals surface area contributed by atoms with Gasteiger partial charge in [-0.05, 0) is 70.4 Å². The number of thiol groups is 1. The number of thiophene rings is 1. The number of aromatic nitrogens is 1. The van der Waals surface area contributed by atoms with Gasteiger partial charge in [-0.1, -0.05) is 60.3 Å². The topological polar surface area (TPSA) is 53.5 Å². The lowest BCUT2D eigenvalue weighted by Gasteiger charge is -2.45.